The molecule has 0 aromatic heterocycles. The van der Waals surface area contributed by atoms with Gasteiger partial charge in [0.05, 0.1) is 33.7 Å². The topological polar surface area (TPSA) is 46.2 Å². The van der Waals surface area contributed by atoms with Crippen LogP contribution in [0.1, 0.15) is 19.8 Å². The Bertz CT molecular complexity index is 249. The quantitative estimate of drug-likeness (QED) is 0.508. The predicted molar refractivity (Wildman–Crippen MR) is 68.6 cm³/mol. The number of rotatable bonds is 7. The van der Waals surface area contributed by atoms with E-state index < -0.39 is 6.04 Å². The standard InChI is InChI=1S/C11H22N2O2S/c1-9(14)12-10(8-16)11(15)6-5-7-13(2,3)4/h10H,5-8H2,1-4H3,(H-,12,14,16)/p+1. The number of hydrogen-bond acceptors (Lipinski definition) is 3. The van der Waals surface area contributed by atoms with Gasteiger partial charge in [-0.1, -0.05) is 0 Å². The maximum Gasteiger partial charge on any atom is 0.217 e. The second kappa shape index (κ2) is 6.91. The number of nitrogens with zero attached hydrogens (tertiary/aromatic N) is 1. The molecule has 0 aromatic carbocycles. The van der Waals surface area contributed by atoms with Crippen molar-refractivity contribution < 1.29 is 14.1 Å². The lowest BCUT2D eigenvalue weighted by molar-refractivity contribution is -0.870. The van der Waals surface area contributed by atoms with Crippen LogP contribution >= 0.6 is 12.6 Å². The summed E-state index contributed by atoms with van der Waals surface area (Å²) >= 11 is 4.07. The summed E-state index contributed by atoms with van der Waals surface area (Å²) in [5.74, 6) is 0.251. The first-order chi connectivity index (χ1) is 7.26. The molecule has 5 heteroatoms. The number of Topliss-reactive ketones (excluding diaryl/α,β-unsaturated/α-hetero) is 1. The van der Waals surface area contributed by atoms with E-state index in [4.69, 9.17) is 0 Å². The van der Waals surface area contributed by atoms with Crippen LogP contribution in [0.15, 0.2) is 0 Å². The van der Waals surface area contributed by atoms with E-state index in [1.807, 2.05) is 0 Å². The van der Waals surface area contributed by atoms with Gasteiger partial charge in [-0.05, 0) is 0 Å². The normalized spacial score (nSPS) is 13.3. The smallest absolute Gasteiger partial charge is 0.217 e. The minimum atomic E-state index is -0.437. The molecule has 1 unspecified atom stereocenters. The van der Waals surface area contributed by atoms with Crippen LogP contribution in [0, 0.1) is 0 Å². The van der Waals surface area contributed by atoms with Gasteiger partial charge in [-0.15, -0.1) is 0 Å². The predicted octanol–water partition coefficient (Wildman–Crippen LogP) is 0.476. The first-order valence-corrected chi connectivity index (χ1v) is 6.10. The van der Waals surface area contributed by atoms with E-state index in [0.29, 0.717) is 12.2 Å². The maximum atomic E-state index is 11.7. The number of thiol groups is 1. The lowest BCUT2D eigenvalue weighted by Crippen LogP contribution is -2.42. The van der Waals surface area contributed by atoms with E-state index in [1.165, 1.54) is 6.92 Å². The van der Waals surface area contributed by atoms with Crippen molar-refractivity contribution in [1.82, 2.24) is 5.32 Å². The highest BCUT2D eigenvalue weighted by Crippen LogP contribution is 2.02. The number of carbonyl (C=O) groups excluding carboxylic acids is 2. The minimum Gasteiger partial charge on any atom is -0.346 e. The summed E-state index contributed by atoms with van der Waals surface area (Å²) < 4.78 is 0.846. The molecular weight excluding hydrogens is 224 g/mol. The first-order valence-electron chi connectivity index (χ1n) is 5.47. The van der Waals surface area contributed by atoms with E-state index in [1.54, 1.807) is 0 Å². The first kappa shape index (κ1) is 15.4. The summed E-state index contributed by atoms with van der Waals surface area (Å²) in [6, 6.07) is -0.437. The molecule has 0 aliphatic rings. The van der Waals surface area contributed by atoms with Gasteiger partial charge in [0.2, 0.25) is 5.91 Å². The molecule has 0 saturated carbocycles. The van der Waals surface area contributed by atoms with Gasteiger partial charge in [0.25, 0.3) is 0 Å². The second-order valence-corrected chi connectivity index (χ2v) is 5.38. The van der Waals surface area contributed by atoms with Crippen LogP contribution in [0.5, 0.6) is 0 Å². The molecule has 0 rings (SSSR count). The third-order valence-electron chi connectivity index (χ3n) is 2.20. The Kier molecular flexibility index (Phi) is 6.67. The number of hydrogen-bond donors (Lipinski definition) is 2. The zero-order valence-electron chi connectivity index (χ0n) is 10.6. The number of nitrogens with one attached hydrogen (secondary N) is 1. The molecule has 0 aromatic rings. The van der Waals surface area contributed by atoms with Crippen LogP contribution in [0.2, 0.25) is 0 Å². The van der Waals surface area contributed by atoms with Crippen LogP contribution in [-0.2, 0) is 9.59 Å². The van der Waals surface area contributed by atoms with Crippen molar-refractivity contribution in [3.63, 3.8) is 0 Å². The average molecular weight is 247 g/mol. The van der Waals surface area contributed by atoms with Crippen LogP contribution in [0.25, 0.3) is 0 Å². The van der Waals surface area contributed by atoms with Gasteiger partial charge in [0.1, 0.15) is 0 Å². The fourth-order valence-corrected chi connectivity index (χ4v) is 1.67. The molecule has 1 atom stereocenters. The molecule has 0 saturated heterocycles. The SMILES string of the molecule is CC(=O)NC(CS)C(=O)CCC[N+](C)(C)C. The Labute approximate surface area is 103 Å². The van der Waals surface area contributed by atoms with E-state index in [-0.39, 0.29) is 11.7 Å². The van der Waals surface area contributed by atoms with Crippen molar-refractivity contribution in [1.29, 1.82) is 0 Å². The largest absolute Gasteiger partial charge is 0.346 e. The van der Waals surface area contributed by atoms with Crippen molar-refractivity contribution in [3.05, 3.63) is 0 Å². The third kappa shape index (κ3) is 7.70. The molecule has 0 aliphatic carbocycles. The van der Waals surface area contributed by atoms with Crippen molar-refractivity contribution in [2.24, 2.45) is 0 Å². The van der Waals surface area contributed by atoms with Gasteiger partial charge in [-0.3, -0.25) is 9.59 Å². The summed E-state index contributed by atoms with van der Waals surface area (Å²) in [5.41, 5.74) is 0. The lowest BCUT2D eigenvalue weighted by Gasteiger charge is -2.24. The molecule has 16 heavy (non-hydrogen) atoms. The Morgan fingerprint density at radius 2 is 1.88 bits per heavy atom. The van der Waals surface area contributed by atoms with Crippen LogP contribution < -0.4 is 5.32 Å². The van der Waals surface area contributed by atoms with Crippen molar-refractivity contribution in [2.45, 2.75) is 25.8 Å². The molecule has 94 valence electrons. The maximum absolute atomic E-state index is 11.7. The Balaban J connectivity index is 3.98. The summed E-state index contributed by atoms with van der Waals surface area (Å²) in [6.45, 7) is 2.36. The molecule has 0 fully saturated rings. The monoisotopic (exact) mass is 247 g/mol. The number of quaternary nitrogens is 1. The van der Waals surface area contributed by atoms with Gasteiger partial charge in [-0.2, -0.15) is 12.6 Å². The lowest BCUT2D eigenvalue weighted by atomic mass is 10.1. The zero-order valence-corrected chi connectivity index (χ0v) is 11.5. The third-order valence-corrected chi connectivity index (χ3v) is 2.57. The van der Waals surface area contributed by atoms with Crippen molar-refractivity contribution in [3.8, 4) is 0 Å². The highest BCUT2D eigenvalue weighted by Gasteiger charge is 2.18. The molecule has 0 radical (unpaired) electrons. The number of ketones is 1. The molecule has 4 nitrogen and oxygen atoms in total. The summed E-state index contributed by atoms with van der Waals surface area (Å²) in [5, 5.41) is 2.61. The van der Waals surface area contributed by atoms with Crippen molar-refractivity contribution in [2.75, 3.05) is 33.4 Å². The average Bonchev–Trinajstić information content (AvgIpc) is 2.11. The molecule has 0 bridgehead atoms. The number of amides is 1. The van der Waals surface area contributed by atoms with E-state index in [0.717, 1.165) is 17.4 Å². The second-order valence-electron chi connectivity index (χ2n) is 5.02. The molecule has 1 N–H and O–H groups in total. The van der Waals surface area contributed by atoms with Gasteiger partial charge in [-0.25, -0.2) is 0 Å². The fraction of sp³-hybridized carbons (Fsp3) is 0.818. The van der Waals surface area contributed by atoms with E-state index >= 15 is 0 Å². The molecule has 0 aliphatic heterocycles. The summed E-state index contributed by atoms with van der Waals surface area (Å²) in [4.78, 5) is 22.6. The molecule has 0 heterocycles. The van der Waals surface area contributed by atoms with Crippen LogP contribution in [0.4, 0.5) is 0 Å². The number of carbonyl (C=O) groups is 2. The Morgan fingerprint density at radius 3 is 2.25 bits per heavy atom. The Hall–Kier alpha value is -0.550. The molecule has 1 amide bonds. The highest BCUT2D eigenvalue weighted by atomic mass is 32.1. The van der Waals surface area contributed by atoms with Gasteiger partial charge in [0.15, 0.2) is 5.78 Å². The van der Waals surface area contributed by atoms with Gasteiger partial charge < -0.3 is 9.80 Å². The highest BCUT2D eigenvalue weighted by molar-refractivity contribution is 7.80. The minimum absolute atomic E-state index is 0.0682. The van der Waals surface area contributed by atoms with E-state index in [9.17, 15) is 9.59 Å². The van der Waals surface area contributed by atoms with Gasteiger partial charge >= 0.3 is 0 Å². The van der Waals surface area contributed by atoms with Crippen LogP contribution in [0.3, 0.4) is 0 Å². The zero-order chi connectivity index (χ0) is 12.8. The van der Waals surface area contributed by atoms with E-state index in [2.05, 4.69) is 39.1 Å². The van der Waals surface area contributed by atoms with Crippen molar-refractivity contribution >= 4 is 24.3 Å². The van der Waals surface area contributed by atoms with Gasteiger partial charge in [0, 0.05) is 25.5 Å². The molecular formula is C11H23N2O2S+. The summed E-state index contributed by atoms with van der Waals surface area (Å²) in [6.07, 6.45) is 1.34. The van der Waals surface area contributed by atoms with Crippen LogP contribution in [-0.4, -0.2) is 55.7 Å². The fourth-order valence-electron chi connectivity index (χ4n) is 1.38. The summed E-state index contributed by atoms with van der Waals surface area (Å²) in [7, 11) is 6.27. The molecule has 0 spiro atoms. The Morgan fingerprint density at radius 1 is 1.31 bits per heavy atom.